The molecular formula is C15H19FN2S. The van der Waals surface area contributed by atoms with E-state index in [1.54, 1.807) is 17.4 Å². The molecule has 0 spiro atoms. The van der Waals surface area contributed by atoms with Gasteiger partial charge in [-0.2, -0.15) is 0 Å². The van der Waals surface area contributed by atoms with Crippen LogP contribution in [0, 0.1) is 12.7 Å². The summed E-state index contributed by atoms with van der Waals surface area (Å²) in [4.78, 5) is 4.66. The highest BCUT2D eigenvalue weighted by molar-refractivity contribution is 7.09. The zero-order valence-electron chi connectivity index (χ0n) is 11.7. The fourth-order valence-corrected chi connectivity index (χ4v) is 3.14. The lowest BCUT2D eigenvalue weighted by Gasteiger charge is -2.16. The number of aromatic nitrogens is 1. The van der Waals surface area contributed by atoms with Crippen molar-refractivity contribution in [2.45, 2.75) is 32.7 Å². The SMILES string of the molecule is CNC(c1nc(C(C)C)cs1)c1cc(F)ccc1C. The zero-order chi connectivity index (χ0) is 14.0. The van der Waals surface area contributed by atoms with Gasteiger partial charge in [-0.25, -0.2) is 9.37 Å². The van der Waals surface area contributed by atoms with Crippen LogP contribution in [0.4, 0.5) is 4.39 Å². The Hall–Kier alpha value is -1.26. The first-order valence-corrected chi connectivity index (χ1v) is 7.29. The lowest BCUT2D eigenvalue weighted by atomic mass is 10.0. The van der Waals surface area contributed by atoms with Crippen molar-refractivity contribution >= 4 is 11.3 Å². The minimum Gasteiger partial charge on any atom is -0.307 e. The minimum absolute atomic E-state index is 0.0480. The zero-order valence-corrected chi connectivity index (χ0v) is 12.5. The summed E-state index contributed by atoms with van der Waals surface area (Å²) in [5, 5.41) is 6.30. The van der Waals surface area contributed by atoms with Crippen LogP contribution in [0.25, 0.3) is 0 Å². The molecule has 0 saturated heterocycles. The molecule has 2 aromatic rings. The molecule has 1 atom stereocenters. The smallest absolute Gasteiger partial charge is 0.123 e. The maximum Gasteiger partial charge on any atom is 0.123 e. The van der Waals surface area contributed by atoms with Crippen LogP contribution in [0.15, 0.2) is 23.6 Å². The van der Waals surface area contributed by atoms with Gasteiger partial charge in [-0.15, -0.1) is 11.3 Å². The number of hydrogen-bond donors (Lipinski definition) is 1. The van der Waals surface area contributed by atoms with Crippen LogP contribution in [0.5, 0.6) is 0 Å². The van der Waals surface area contributed by atoms with Crippen LogP contribution in [0.3, 0.4) is 0 Å². The second-order valence-corrected chi connectivity index (χ2v) is 5.88. The molecule has 0 aliphatic rings. The molecule has 0 saturated carbocycles. The number of rotatable bonds is 4. The second kappa shape index (κ2) is 5.80. The summed E-state index contributed by atoms with van der Waals surface area (Å²) in [5.41, 5.74) is 3.11. The van der Waals surface area contributed by atoms with Crippen LogP contribution >= 0.6 is 11.3 Å². The maximum atomic E-state index is 13.4. The predicted octanol–water partition coefficient (Wildman–Crippen LogP) is 4.02. The van der Waals surface area contributed by atoms with Crippen molar-refractivity contribution < 1.29 is 4.39 Å². The monoisotopic (exact) mass is 278 g/mol. The largest absolute Gasteiger partial charge is 0.307 e. The molecular weight excluding hydrogens is 259 g/mol. The molecule has 2 nitrogen and oxygen atoms in total. The van der Waals surface area contributed by atoms with Crippen molar-refractivity contribution in [3.8, 4) is 0 Å². The van der Waals surface area contributed by atoms with Crippen LogP contribution in [-0.4, -0.2) is 12.0 Å². The summed E-state index contributed by atoms with van der Waals surface area (Å²) in [7, 11) is 1.88. The highest BCUT2D eigenvalue weighted by Gasteiger charge is 2.19. The van der Waals surface area contributed by atoms with Gasteiger partial charge in [0.05, 0.1) is 11.7 Å². The van der Waals surface area contributed by atoms with Crippen LogP contribution in [-0.2, 0) is 0 Å². The van der Waals surface area contributed by atoms with E-state index in [0.29, 0.717) is 5.92 Å². The van der Waals surface area contributed by atoms with Gasteiger partial charge in [0.15, 0.2) is 0 Å². The molecule has 0 fully saturated rings. The lowest BCUT2D eigenvalue weighted by molar-refractivity contribution is 0.613. The van der Waals surface area contributed by atoms with Gasteiger partial charge in [0.2, 0.25) is 0 Å². The van der Waals surface area contributed by atoms with Crippen molar-refractivity contribution in [3.05, 3.63) is 51.2 Å². The minimum atomic E-state index is -0.207. The number of nitrogens with zero attached hydrogens (tertiary/aromatic N) is 1. The van der Waals surface area contributed by atoms with E-state index in [1.165, 1.54) is 6.07 Å². The van der Waals surface area contributed by atoms with Gasteiger partial charge in [-0.3, -0.25) is 0 Å². The Morgan fingerprint density at radius 3 is 2.63 bits per heavy atom. The van der Waals surface area contributed by atoms with E-state index in [9.17, 15) is 4.39 Å². The van der Waals surface area contributed by atoms with E-state index >= 15 is 0 Å². The molecule has 2 rings (SSSR count). The number of aryl methyl sites for hydroxylation is 1. The molecule has 19 heavy (non-hydrogen) atoms. The Bertz CT molecular complexity index is 563. The summed E-state index contributed by atoms with van der Waals surface area (Å²) in [6.07, 6.45) is 0. The van der Waals surface area contributed by atoms with Crippen LogP contribution in [0.2, 0.25) is 0 Å². The normalized spacial score (nSPS) is 12.9. The van der Waals surface area contributed by atoms with E-state index in [1.807, 2.05) is 20.0 Å². The van der Waals surface area contributed by atoms with Crippen molar-refractivity contribution in [2.75, 3.05) is 7.05 Å². The van der Waals surface area contributed by atoms with Gasteiger partial charge < -0.3 is 5.32 Å². The van der Waals surface area contributed by atoms with Gasteiger partial charge in [0.25, 0.3) is 0 Å². The molecule has 0 aliphatic heterocycles. The number of thiazole rings is 1. The van der Waals surface area contributed by atoms with Gasteiger partial charge >= 0.3 is 0 Å². The summed E-state index contributed by atoms with van der Waals surface area (Å²) >= 11 is 1.62. The third-order valence-corrected chi connectivity index (χ3v) is 4.15. The van der Waals surface area contributed by atoms with Gasteiger partial charge in [0.1, 0.15) is 10.8 Å². The Balaban J connectivity index is 2.40. The summed E-state index contributed by atoms with van der Waals surface area (Å²) in [6.45, 7) is 6.25. The number of halogens is 1. The average molecular weight is 278 g/mol. The number of hydrogen-bond acceptors (Lipinski definition) is 3. The first kappa shape index (κ1) is 14.2. The van der Waals surface area contributed by atoms with Crippen molar-refractivity contribution in [3.63, 3.8) is 0 Å². The highest BCUT2D eigenvalue weighted by atomic mass is 32.1. The maximum absolute atomic E-state index is 13.4. The van der Waals surface area contributed by atoms with Crippen molar-refractivity contribution in [1.29, 1.82) is 0 Å². The highest BCUT2D eigenvalue weighted by Crippen LogP contribution is 2.29. The quantitative estimate of drug-likeness (QED) is 0.913. The fraction of sp³-hybridized carbons (Fsp3) is 0.400. The third kappa shape index (κ3) is 3.01. The van der Waals surface area contributed by atoms with E-state index < -0.39 is 0 Å². The summed E-state index contributed by atoms with van der Waals surface area (Å²) < 4.78 is 13.4. The van der Waals surface area contributed by atoms with Gasteiger partial charge in [-0.1, -0.05) is 19.9 Å². The molecule has 1 aromatic carbocycles. The van der Waals surface area contributed by atoms with E-state index in [4.69, 9.17) is 0 Å². The second-order valence-electron chi connectivity index (χ2n) is 4.99. The van der Waals surface area contributed by atoms with E-state index in [-0.39, 0.29) is 11.9 Å². The van der Waals surface area contributed by atoms with Crippen LogP contribution in [0.1, 0.15) is 47.6 Å². The van der Waals surface area contributed by atoms with E-state index in [2.05, 4.69) is 29.5 Å². The van der Waals surface area contributed by atoms with Crippen molar-refractivity contribution in [1.82, 2.24) is 10.3 Å². The van der Waals surface area contributed by atoms with Gasteiger partial charge in [0, 0.05) is 5.38 Å². The topological polar surface area (TPSA) is 24.9 Å². The first-order chi connectivity index (χ1) is 9.02. The summed E-state index contributed by atoms with van der Waals surface area (Å²) in [6, 6.07) is 4.85. The average Bonchev–Trinajstić information content (AvgIpc) is 2.84. The van der Waals surface area contributed by atoms with E-state index in [0.717, 1.165) is 21.8 Å². The molecule has 0 amide bonds. The standard InChI is InChI=1S/C15H19FN2S/c1-9(2)13-8-19-15(18-13)14(17-4)12-7-11(16)6-5-10(12)3/h5-9,14,17H,1-4H3. The summed E-state index contributed by atoms with van der Waals surface area (Å²) in [5.74, 6) is 0.206. The Labute approximate surface area is 117 Å². The molecule has 1 heterocycles. The first-order valence-electron chi connectivity index (χ1n) is 6.41. The Morgan fingerprint density at radius 2 is 2.05 bits per heavy atom. The Kier molecular flexibility index (Phi) is 4.32. The molecule has 1 unspecified atom stereocenters. The Morgan fingerprint density at radius 1 is 1.32 bits per heavy atom. The molecule has 0 aliphatic carbocycles. The molecule has 0 bridgehead atoms. The lowest BCUT2D eigenvalue weighted by Crippen LogP contribution is -2.19. The molecule has 1 aromatic heterocycles. The van der Waals surface area contributed by atoms with Crippen molar-refractivity contribution in [2.24, 2.45) is 0 Å². The number of benzene rings is 1. The van der Waals surface area contributed by atoms with Gasteiger partial charge in [-0.05, 0) is 43.1 Å². The molecule has 4 heteroatoms. The fourth-order valence-electron chi connectivity index (χ4n) is 2.03. The molecule has 1 N–H and O–H groups in total. The predicted molar refractivity (Wildman–Crippen MR) is 78.2 cm³/mol. The van der Waals surface area contributed by atoms with Crippen LogP contribution < -0.4 is 5.32 Å². The third-order valence-electron chi connectivity index (χ3n) is 3.22. The number of nitrogens with one attached hydrogen (secondary N) is 1. The molecule has 0 radical (unpaired) electrons. The molecule has 102 valence electrons.